The van der Waals surface area contributed by atoms with Crippen LogP contribution in [0, 0.1) is 0 Å². The van der Waals surface area contributed by atoms with Gasteiger partial charge in [-0.2, -0.15) is 0 Å². The van der Waals surface area contributed by atoms with Crippen LogP contribution in [0.4, 0.5) is 0 Å². The SMILES string of the molecule is CC(C)(N)C(=O)c1ccc(Oc2ccccc2)cc1. The van der Waals surface area contributed by atoms with Crippen molar-refractivity contribution in [3.63, 3.8) is 0 Å². The van der Waals surface area contributed by atoms with Crippen LogP contribution in [0.5, 0.6) is 11.5 Å². The van der Waals surface area contributed by atoms with Crippen molar-refractivity contribution in [1.29, 1.82) is 0 Å². The number of para-hydroxylation sites is 1. The largest absolute Gasteiger partial charge is 0.457 e. The number of rotatable bonds is 4. The van der Waals surface area contributed by atoms with Gasteiger partial charge in [0.05, 0.1) is 5.54 Å². The first kappa shape index (κ1) is 13.3. The van der Waals surface area contributed by atoms with Gasteiger partial charge in [0.15, 0.2) is 5.78 Å². The van der Waals surface area contributed by atoms with Gasteiger partial charge in [0.25, 0.3) is 0 Å². The minimum absolute atomic E-state index is 0.0845. The number of hydrogen-bond donors (Lipinski definition) is 1. The van der Waals surface area contributed by atoms with Gasteiger partial charge in [-0.05, 0) is 50.2 Å². The molecule has 0 spiro atoms. The molecule has 2 rings (SSSR count). The zero-order chi connectivity index (χ0) is 13.9. The second-order valence-electron chi connectivity index (χ2n) is 4.99. The van der Waals surface area contributed by atoms with Gasteiger partial charge in [-0.25, -0.2) is 0 Å². The molecule has 0 saturated heterocycles. The van der Waals surface area contributed by atoms with Crippen LogP contribution >= 0.6 is 0 Å². The van der Waals surface area contributed by atoms with Gasteiger partial charge in [0.1, 0.15) is 11.5 Å². The molecule has 2 aromatic rings. The third-order valence-corrected chi connectivity index (χ3v) is 2.68. The third-order valence-electron chi connectivity index (χ3n) is 2.68. The maximum absolute atomic E-state index is 12.0. The summed E-state index contributed by atoms with van der Waals surface area (Å²) < 4.78 is 5.66. The van der Waals surface area contributed by atoms with E-state index < -0.39 is 5.54 Å². The summed E-state index contributed by atoms with van der Waals surface area (Å²) in [6.45, 7) is 3.40. The Balaban J connectivity index is 2.13. The average molecular weight is 255 g/mol. The molecule has 0 aliphatic carbocycles. The van der Waals surface area contributed by atoms with Crippen LogP contribution < -0.4 is 10.5 Å². The van der Waals surface area contributed by atoms with Gasteiger partial charge in [-0.3, -0.25) is 4.79 Å². The molecule has 0 amide bonds. The quantitative estimate of drug-likeness (QED) is 0.852. The van der Waals surface area contributed by atoms with E-state index in [2.05, 4.69) is 0 Å². The molecule has 0 aromatic heterocycles. The first-order valence-electron chi connectivity index (χ1n) is 6.13. The Morgan fingerprint density at radius 1 is 0.947 bits per heavy atom. The second-order valence-corrected chi connectivity index (χ2v) is 4.99. The smallest absolute Gasteiger partial charge is 0.182 e. The Hall–Kier alpha value is -2.13. The maximum Gasteiger partial charge on any atom is 0.182 e. The van der Waals surface area contributed by atoms with Gasteiger partial charge in [-0.1, -0.05) is 18.2 Å². The van der Waals surface area contributed by atoms with Crippen LogP contribution in [0.3, 0.4) is 0 Å². The van der Waals surface area contributed by atoms with Crippen molar-refractivity contribution in [2.24, 2.45) is 5.73 Å². The number of ketones is 1. The molecule has 2 aromatic carbocycles. The van der Waals surface area contributed by atoms with Crippen molar-refractivity contribution in [2.45, 2.75) is 19.4 Å². The summed E-state index contributed by atoms with van der Waals surface area (Å²) in [5, 5.41) is 0. The van der Waals surface area contributed by atoms with E-state index in [0.29, 0.717) is 11.3 Å². The normalized spacial score (nSPS) is 11.1. The Bertz CT molecular complexity index is 554. The predicted molar refractivity (Wildman–Crippen MR) is 75.6 cm³/mol. The molecule has 0 aliphatic heterocycles. The first-order valence-corrected chi connectivity index (χ1v) is 6.13. The van der Waals surface area contributed by atoms with E-state index in [-0.39, 0.29) is 5.78 Å². The van der Waals surface area contributed by atoms with Crippen LogP contribution in [0.1, 0.15) is 24.2 Å². The zero-order valence-electron chi connectivity index (χ0n) is 11.1. The molecule has 0 unspecified atom stereocenters. The van der Waals surface area contributed by atoms with Crippen molar-refractivity contribution in [3.8, 4) is 11.5 Å². The molecular weight excluding hydrogens is 238 g/mol. The molecule has 19 heavy (non-hydrogen) atoms. The van der Waals surface area contributed by atoms with Gasteiger partial charge >= 0.3 is 0 Å². The lowest BCUT2D eigenvalue weighted by Gasteiger charge is -2.16. The molecule has 0 radical (unpaired) electrons. The van der Waals surface area contributed by atoms with Crippen LogP contribution in [0.2, 0.25) is 0 Å². The maximum atomic E-state index is 12.0. The fourth-order valence-corrected chi connectivity index (χ4v) is 1.67. The van der Waals surface area contributed by atoms with Crippen LogP contribution in [0.25, 0.3) is 0 Å². The van der Waals surface area contributed by atoms with Crippen molar-refractivity contribution in [2.75, 3.05) is 0 Å². The number of nitrogens with two attached hydrogens (primary N) is 1. The number of benzene rings is 2. The summed E-state index contributed by atoms with van der Waals surface area (Å²) in [4.78, 5) is 12.0. The molecule has 0 atom stereocenters. The van der Waals surface area contributed by atoms with E-state index in [0.717, 1.165) is 5.75 Å². The molecule has 2 N–H and O–H groups in total. The van der Waals surface area contributed by atoms with Crippen molar-refractivity contribution < 1.29 is 9.53 Å². The number of Topliss-reactive ketones (excluding diaryl/α,β-unsaturated/α-hetero) is 1. The molecular formula is C16H17NO2. The summed E-state index contributed by atoms with van der Waals surface area (Å²) in [5.41, 5.74) is 5.52. The highest BCUT2D eigenvalue weighted by atomic mass is 16.5. The second kappa shape index (κ2) is 5.24. The predicted octanol–water partition coefficient (Wildman–Crippen LogP) is 3.40. The molecule has 0 fully saturated rings. The van der Waals surface area contributed by atoms with Gasteiger partial charge in [0, 0.05) is 5.56 Å². The summed E-state index contributed by atoms with van der Waals surface area (Å²) in [7, 11) is 0. The highest BCUT2D eigenvalue weighted by Gasteiger charge is 2.23. The summed E-state index contributed by atoms with van der Waals surface area (Å²) >= 11 is 0. The first-order chi connectivity index (χ1) is 8.97. The Morgan fingerprint density at radius 2 is 1.47 bits per heavy atom. The highest BCUT2D eigenvalue weighted by Crippen LogP contribution is 2.22. The highest BCUT2D eigenvalue weighted by molar-refractivity contribution is 6.02. The van der Waals surface area contributed by atoms with E-state index in [9.17, 15) is 4.79 Å². The van der Waals surface area contributed by atoms with Crippen molar-refractivity contribution in [1.82, 2.24) is 0 Å². The monoisotopic (exact) mass is 255 g/mol. The third kappa shape index (κ3) is 3.42. The minimum atomic E-state index is -0.859. The van der Waals surface area contributed by atoms with E-state index in [1.807, 2.05) is 30.3 Å². The van der Waals surface area contributed by atoms with E-state index in [4.69, 9.17) is 10.5 Å². The number of hydrogen-bond acceptors (Lipinski definition) is 3. The lowest BCUT2D eigenvalue weighted by Crippen LogP contribution is -2.41. The fourth-order valence-electron chi connectivity index (χ4n) is 1.67. The number of ether oxygens (including phenoxy) is 1. The van der Waals surface area contributed by atoms with Crippen LogP contribution in [-0.2, 0) is 0 Å². The van der Waals surface area contributed by atoms with E-state index in [1.54, 1.807) is 38.1 Å². The Labute approximate surface area is 113 Å². The molecule has 3 nitrogen and oxygen atoms in total. The average Bonchev–Trinajstić information content (AvgIpc) is 2.39. The lowest BCUT2D eigenvalue weighted by atomic mass is 9.94. The minimum Gasteiger partial charge on any atom is -0.457 e. The summed E-state index contributed by atoms with van der Waals surface area (Å²) in [5.74, 6) is 1.37. The summed E-state index contributed by atoms with van der Waals surface area (Å²) in [6, 6.07) is 16.5. The molecule has 98 valence electrons. The number of carbonyl (C=O) groups is 1. The topological polar surface area (TPSA) is 52.3 Å². The Kier molecular flexibility index (Phi) is 3.67. The molecule has 3 heteroatoms. The standard InChI is InChI=1S/C16H17NO2/c1-16(2,17)15(18)12-8-10-14(11-9-12)19-13-6-4-3-5-7-13/h3-11H,17H2,1-2H3. The van der Waals surface area contributed by atoms with Gasteiger partial charge < -0.3 is 10.5 Å². The molecule has 0 bridgehead atoms. The number of carbonyl (C=O) groups excluding carboxylic acids is 1. The van der Waals surface area contributed by atoms with Crippen LogP contribution in [0.15, 0.2) is 54.6 Å². The van der Waals surface area contributed by atoms with E-state index in [1.165, 1.54) is 0 Å². The van der Waals surface area contributed by atoms with Gasteiger partial charge in [0.2, 0.25) is 0 Å². The molecule has 0 saturated carbocycles. The van der Waals surface area contributed by atoms with E-state index >= 15 is 0 Å². The van der Waals surface area contributed by atoms with Gasteiger partial charge in [-0.15, -0.1) is 0 Å². The molecule has 0 aliphatic rings. The van der Waals surface area contributed by atoms with Crippen LogP contribution in [-0.4, -0.2) is 11.3 Å². The Morgan fingerprint density at radius 3 is 2.00 bits per heavy atom. The fraction of sp³-hybridized carbons (Fsp3) is 0.188. The zero-order valence-corrected chi connectivity index (χ0v) is 11.1. The molecule has 0 heterocycles. The summed E-state index contributed by atoms with van der Waals surface area (Å²) in [6.07, 6.45) is 0. The lowest BCUT2D eigenvalue weighted by molar-refractivity contribution is 0.0913. The van der Waals surface area contributed by atoms with Crippen molar-refractivity contribution >= 4 is 5.78 Å². The van der Waals surface area contributed by atoms with Crippen molar-refractivity contribution in [3.05, 3.63) is 60.2 Å².